The summed E-state index contributed by atoms with van der Waals surface area (Å²) in [6, 6.07) is 8.20. The number of sulfonamides is 1. The molecule has 1 aliphatic rings. The molecule has 1 heterocycles. The van der Waals surface area contributed by atoms with E-state index >= 15 is 0 Å². The van der Waals surface area contributed by atoms with Gasteiger partial charge in [0.25, 0.3) is 5.91 Å². The van der Waals surface area contributed by atoms with Gasteiger partial charge in [0.15, 0.2) is 6.61 Å². The average Bonchev–Trinajstić information content (AvgIpc) is 3.40. The molecule has 2 aromatic rings. The van der Waals surface area contributed by atoms with Crippen LogP contribution in [0.3, 0.4) is 0 Å². The van der Waals surface area contributed by atoms with E-state index in [-0.39, 0.29) is 23.5 Å². The van der Waals surface area contributed by atoms with Gasteiger partial charge in [-0.15, -0.1) is 0 Å². The summed E-state index contributed by atoms with van der Waals surface area (Å²) in [6.45, 7) is 3.82. The Labute approximate surface area is 163 Å². The summed E-state index contributed by atoms with van der Waals surface area (Å²) in [5.41, 5.74) is 2.82. The largest absolute Gasteiger partial charge is 0.452 e. The van der Waals surface area contributed by atoms with E-state index in [1.807, 2.05) is 11.5 Å². The van der Waals surface area contributed by atoms with Gasteiger partial charge in [-0.25, -0.2) is 18.4 Å². The highest BCUT2D eigenvalue weighted by molar-refractivity contribution is 7.89. The average molecular weight is 405 g/mol. The fourth-order valence-corrected chi connectivity index (χ4v) is 3.44. The molecule has 8 nitrogen and oxygen atoms in total. The zero-order valence-electron chi connectivity index (χ0n) is 15.8. The summed E-state index contributed by atoms with van der Waals surface area (Å²) in [5.74, 6) is -0.838. The number of aryl methyl sites for hydroxylation is 1. The standard InChI is InChI=1S/C19H23N3O5S/c1-12-9-17(19(24)27-11-18(23)21-15-5-6-15)13(2)22(12)10-14-3-7-16(8-4-14)28(20,25)26/h3-4,7-9,15H,5-6,10-11H2,1-2H3,(H,21,23)(H2,20,25,26). The number of esters is 1. The number of carbonyl (C=O) groups excluding carboxylic acids is 2. The molecule has 3 rings (SSSR count). The zero-order valence-corrected chi connectivity index (χ0v) is 16.6. The summed E-state index contributed by atoms with van der Waals surface area (Å²) in [6.07, 6.45) is 1.94. The summed E-state index contributed by atoms with van der Waals surface area (Å²) in [5, 5.41) is 7.88. The number of hydrogen-bond donors (Lipinski definition) is 2. The molecule has 28 heavy (non-hydrogen) atoms. The summed E-state index contributed by atoms with van der Waals surface area (Å²) in [7, 11) is -3.73. The number of nitrogens with zero attached hydrogens (tertiary/aromatic N) is 1. The zero-order chi connectivity index (χ0) is 20.5. The van der Waals surface area contributed by atoms with Crippen molar-refractivity contribution in [1.82, 2.24) is 9.88 Å². The van der Waals surface area contributed by atoms with Gasteiger partial charge in [0, 0.05) is 24.0 Å². The molecule has 1 saturated carbocycles. The maximum atomic E-state index is 12.3. The first-order valence-electron chi connectivity index (χ1n) is 8.90. The van der Waals surface area contributed by atoms with Crippen molar-refractivity contribution in [2.45, 2.75) is 44.2 Å². The fourth-order valence-electron chi connectivity index (χ4n) is 2.92. The number of benzene rings is 1. The van der Waals surface area contributed by atoms with Crippen molar-refractivity contribution in [3.05, 3.63) is 52.8 Å². The topological polar surface area (TPSA) is 120 Å². The molecular weight excluding hydrogens is 382 g/mol. The molecule has 0 bridgehead atoms. The third-order valence-electron chi connectivity index (χ3n) is 4.66. The van der Waals surface area contributed by atoms with E-state index in [0.29, 0.717) is 17.8 Å². The fraction of sp³-hybridized carbons (Fsp3) is 0.368. The Kier molecular flexibility index (Phi) is 5.57. The lowest BCUT2D eigenvalue weighted by Crippen LogP contribution is -2.30. The summed E-state index contributed by atoms with van der Waals surface area (Å²) >= 11 is 0. The molecule has 0 saturated heterocycles. The molecule has 1 aromatic carbocycles. The lowest BCUT2D eigenvalue weighted by molar-refractivity contribution is -0.124. The highest BCUT2D eigenvalue weighted by Crippen LogP contribution is 2.20. The van der Waals surface area contributed by atoms with Crippen LogP contribution in [-0.4, -0.2) is 37.5 Å². The Bertz CT molecular complexity index is 1000. The van der Waals surface area contributed by atoms with Crippen molar-refractivity contribution >= 4 is 21.9 Å². The van der Waals surface area contributed by atoms with Crippen LogP contribution in [0.1, 0.15) is 40.2 Å². The molecule has 0 aliphatic heterocycles. The first-order chi connectivity index (χ1) is 13.1. The molecule has 1 amide bonds. The highest BCUT2D eigenvalue weighted by atomic mass is 32.2. The van der Waals surface area contributed by atoms with Gasteiger partial charge in [0.05, 0.1) is 10.5 Å². The third-order valence-corrected chi connectivity index (χ3v) is 5.59. The number of rotatable bonds is 7. The molecule has 1 aliphatic carbocycles. The third kappa shape index (κ3) is 4.79. The molecule has 0 spiro atoms. The van der Waals surface area contributed by atoms with Gasteiger partial charge in [-0.1, -0.05) is 12.1 Å². The molecule has 0 atom stereocenters. The quantitative estimate of drug-likeness (QED) is 0.672. The molecule has 1 fully saturated rings. The van der Waals surface area contributed by atoms with Crippen LogP contribution in [-0.2, 0) is 26.1 Å². The monoisotopic (exact) mass is 405 g/mol. The molecular formula is C19H23N3O5S. The van der Waals surface area contributed by atoms with Crippen molar-refractivity contribution in [1.29, 1.82) is 0 Å². The van der Waals surface area contributed by atoms with E-state index in [1.54, 1.807) is 25.1 Å². The number of nitrogens with one attached hydrogen (secondary N) is 1. The SMILES string of the molecule is Cc1cc(C(=O)OCC(=O)NC2CC2)c(C)n1Cc1ccc(S(N)(=O)=O)cc1. The number of hydrogen-bond acceptors (Lipinski definition) is 5. The Morgan fingerprint density at radius 2 is 1.86 bits per heavy atom. The van der Waals surface area contributed by atoms with Gasteiger partial charge in [0.1, 0.15) is 0 Å². The Morgan fingerprint density at radius 3 is 2.43 bits per heavy atom. The van der Waals surface area contributed by atoms with Crippen molar-refractivity contribution in [2.75, 3.05) is 6.61 Å². The minimum atomic E-state index is -3.73. The number of nitrogens with two attached hydrogens (primary N) is 1. The second kappa shape index (κ2) is 7.76. The van der Waals surface area contributed by atoms with Crippen LogP contribution in [0.2, 0.25) is 0 Å². The molecule has 0 radical (unpaired) electrons. The normalized spacial score (nSPS) is 14.0. The Hall–Kier alpha value is -2.65. The van der Waals surface area contributed by atoms with Crippen LogP contribution in [0.25, 0.3) is 0 Å². The van der Waals surface area contributed by atoms with Crippen LogP contribution in [0.4, 0.5) is 0 Å². The molecule has 9 heteroatoms. The van der Waals surface area contributed by atoms with Crippen molar-refractivity contribution in [2.24, 2.45) is 5.14 Å². The van der Waals surface area contributed by atoms with Gasteiger partial charge in [0.2, 0.25) is 10.0 Å². The number of ether oxygens (including phenoxy) is 1. The Morgan fingerprint density at radius 1 is 1.21 bits per heavy atom. The first kappa shape index (κ1) is 20.1. The Balaban J connectivity index is 1.68. The van der Waals surface area contributed by atoms with Gasteiger partial charge in [-0.2, -0.15) is 0 Å². The minimum Gasteiger partial charge on any atom is -0.452 e. The lowest BCUT2D eigenvalue weighted by atomic mass is 10.2. The smallest absolute Gasteiger partial charge is 0.340 e. The van der Waals surface area contributed by atoms with E-state index in [2.05, 4.69) is 5.32 Å². The van der Waals surface area contributed by atoms with Crippen LogP contribution in [0.15, 0.2) is 35.2 Å². The van der Waals surface area contributed by atoms with Crippen LogP contribution < -0.4 is 10.5 Å². The summed E-state index contributed by atoms with van der Waals surface area (Å²) in [4.78, 5) is 24.1. The van der Waals surface area contributed by atoms with E-state index in [9.17, 15) is 18.0 Å². The van der Waals surface area contributed by atoms with Crippen LogP contribution in [0, 0.1) is 13.8 Å². The maximum Gasteiger partial charge on any atom is 0.340 e. The van der Waals surface area contributed by atoms with Crippen LogP contribution >= 0.6 is 0 Å². The van der Waals surface area contributed by atoms with Gasteiger partial charge < -0.3 is 14.6 Å². The molecule has 1 aromatic heterocycles. The van der Waals surface area contributed by atoms with E-state index in [4.69, 9.17) is 9.88 Å². The van der Waals surface area contributed by atoms with Crippen LogP contribution in [0.5, 0.6) is 0 Å². The van der Waals surface area contributed by atoms with E-state index < -0.39 is 16.0 Å². The minimum absolute atomic E-state index is 0.0472. The highest BCUT2D eigenvalue weighted by Gasteiger charge is 2.24. The lowest BCUT2D eigenvalue weighted by Gasteiger charge is -2.11. The number of aromatic nitrogens is 1. The summed E-state index contributed by atoms with van der Waals surface area (Å²) < 4.78 is 29.8. The maximum absolute atomic E-state index is 12.3. The molecule has 0 unspecified atom stereocenters. The predicted molar refractivity (Wildman–Crippen MR) is 102 cm³/mol. The van der Waals surface area contributed by atoms with Crippen molar-refractivity contribution < 1.29 is 22.7 Å². The number of carbonyl (C=O) groups is 2. The van der Waals surface area contributed by atoms with Gasteiger partial charge in [-0.05, 0) is 50.5 Å². The predicted octanol–water partition coefficient (Wildman–Crippen LogP) is 1.24. The second-order valence-electron chi connectivity index (χ2n) is 6.98. The number of primary sulfonamides is 1. The van der Waals surface area contributed by atoms with Gasteiger partial charge >= 0.3 is 5.97 Å². The van der Waals surface area contributed by atoms with Gasteiger partial charge in [-0.3, -0.25) is 4.79 Å². The van der Waals surface area contributed by atoms with E-state index in [0.717, 1.165) is 24.1 Å². The number of amides is 1. The van der Waals surface area contributed by atoms with Crippen molar-refractivity contribution in [3.8, 4) is 0 Å². The second-order valence-corrected chi connectivity index (χ2v) is 8.54. The first-order valence-corrected chi connectivity index (χ1v) is 10.4. The molecule has 3 N–H and O–H groups in total. The molecule has 150 valence electrons. The van der Waals surface area contributed by atoms with E-state index in [1.165, 1.54) is 12.1 Å². The van der Waals surface area contributed by atoms with Crippen molar-refractivity contribution in [3.63, 3.8) is 0 Å².